The van der Waals surface area contributed by atoms with E-state index in [9.17, 15) is 9.59 Å². The van der Waals surface area contributed by atoms with Crippen molar-refractivity contribution in [2.75, 3.05) is 0 Å². The van der Waals surface area contributed by atoms with Crippen molar-refractivity contribution < 1.29 is 23.8 Å². The first-order valence-corrected chi connectivity index (χ1v) is 8.78. The molecule has 0 radical (unpaired) electrons. The van der Waals surface area contributed by atoms with Crippen LogP contribution in [0, 0.1) is 11.8 Å². The van der Waals surface area contributed by atoms with Crippen LogP contribution in [0.2, 0.25) is 0 Å². The molecule has 1 saturated heterocycles. The molecule has 5 nitrogen and oxygen atoms in total. The van der Waals surface area contributed by atoms with Crippen molar-refractivity contribution in [2.45, 2.75) is 37.3 Å². The van der Waals surface area contributed by atoms with Gasteiger partial charge in [0.25, 0.3) is 5.79 Å². The Morgan fingerprint density at radius 2 is 1.68 bits per heavy atom. The van der Waals surface area contributed by atoms with E-state index in [0.29, 0.717) is 12.8 Å². The van der Waals surface area contributed by atoms with Crippen LogP contribution in [0.15, 0.2) is 36.4 Å². The summed E-state index contributed by atoms with van der Waals surface area (Å²) in [5, 5.41) is 1.98. The monoisotopic (exact) mass is 336 g/mol. The van der Waals surface area contributed by atoms with E-state index in [4.69, 9.17) is 14.2 Å². The number of ketones is 2. The highest BCUT2D eigenvalue weighted by Gasteiger charge is 2.71. The topological polar surface area (TPSA) is 61.8 Å². The van der Waals surface area contributed by atoms with Gasteiger partial charge in [0.2, 0.25) is 0 Å². The molecular formula is C20H16O5. The number of ether oxygens (including phenoxy) is 3. The zero-order valence-electron chi connectivity index (χ0n) is 13.4. The van der Waals surface area contributed by atoms with Gasteiger partial charge in [-0.05, 0) is 23.9 Å². The molecule has 2 aromatic carbocycles. The Morgan fingerprint density at radius 3 is 2.40 bits per heavy atom. The molecule has 2 aliphatic heterocycles. The Kier molecular flexibility index (Phi) is 2.44. The lowest BCUT2D eigenvalue weighted by atomic mass is 9.66. The highest BCUT2D eigenvalue weighted by molar-refractivity contribution is 6.05. The highest BCUT2D eigenvalue weighted by Crippen LogP contribution is 2.56. The standard InChI is InChI=1S/C20H16O5/c21-11-7-8-15-19-18(11)12(22)9-16(23-15)20(19)24-13-5-1-3-10-4-2-6-14(25-20)17(10)13/h1-6,15-16,18-19H,7-9H2/t15-,16+,18-,19-/m1/s1. The molecule has 1 spiro atoms. The average molecular weight is 336 g/mol. The van der Waals surface area contributed by atoms with E-state index in [1.54, 1.807) is 0 Å². The smallest absolute Gasteiger partial charge is 0.284 e. The summed E-state index contributed by atoms with van der Waals surface area (Å²) in [6.07, 6.45) is 0.558. The van der Waals surface area contributed by atoms with E-state index < -0.39 is 17.8 Å². The fourth-order valence-electron chi connectivity index (χ4n) is 5.15. The predicted octanol–water partition coefficient (Wildman–Crippen LogP) is 2.64. The maximum atomic E-state index is 12.5. The molecule has 0 unspecified atom stereocenters. The van der Waals surface area contributed by atoms with Crippen molar-refractivity contribution in [3.05, 3.63) is 36.4 Å². The van der Waals surface area contributed by atoms with Crippen molar-refractivity contribution in [1.82, 2.24) is 0 Å². The Hall–Kier alpha value is -2.40. The molecule has 2 heterocycles. The van der Waals surface area contributed by atoms with Crippen molar-refractivity contribution in [2.24, 2.45) is 11.8 Å². The van der Waals surface area contributed by atoms with Gasteiger partial charge in [0.05, 0.1) is 23.3 Å². The summed E-state index contributed by atoms with van der Waals surface area (Å²) in [6, 6.07) is 11.8. The fraction of sp³-hybridized carbons (Fsp3) is 0.400. The summed E-state index contributed by atoms with van der Waals surface area (Å²) >= 11 is 0. The largest absolute Gasteiger partial charge is 0.448 e. The molecule has 2 aromatic rings. The van der Waals surface area contributed by atoms with E-state index >= 15 is 0 Å². The Labute approximate surface area is 143 Å². The maximum absolute atomic E-state index is 12.5. The minimum atomic E-state index is -1.08. The number of carbonyl (C=O) groups excluding carboxylic acids is 2. The normalized spacial score (nSPS) is 34.1. The van der Waals surface area contributed by atoms with Crippen LogP contribution < -0.4 is 9.47 Å². The van der Waals surface area contributed by atoms with Crippen molar-refractivity contribution in [3.8, 4) is 11.5 Å². The first-order chi connectivity index (χ1) is 12.2. The van der Waals surface area contributed by atoms with Crippen LogP contribution in [0.1, 0.15) is 19.3 Å². The Balaban J connectivity index is 1.56. The molecule has 0 aromatic heterocycles. The van der Waals surface area contributed by atoms with Gasteiger partial charge in [0.1, 0.15) is 29.2 Å². The van der Waals surface area contributed by atoms with Gasteiger partial charge in [0.15, 0.2) is 0 Å². The minimum absolute atomic E-state index is 0.00107. The molecule has 4 atom stereocenters. The van der Waals surface area contributed by atoms with Gasteiger partial charge in [-0.25, -0.2) is 0 Å². The zero-order valence-corrected chi connectivity index (χ0v) is 13.4. The maximum Gasteiger partial charge on any atom is 0.284 e. The van der Waals surface area contributed by atoms with Crippen LogP contribution >= 0.6 is 0 Å². The van der Waals surface area contributed by atoms with E-state index in [1.807, 2.05) is 36.4 Å². The molecule has 5 heteroatoms. The van der Waals surface area contributed by atoms with Crippen LogP contribution in [-0.4, -0.2) is 29.6 Å². The zero-order chi connectivity index (χ0) is 16.8. The second-order valence-corrected chi connectivity index (χ2v) is 7.38. The first kappa shape index (κ1) is 13.8. The van der Waals surface area contributed by atoms with Crippen molar-refractivity contribution in [3.63, 3.8) is 0 Å². The number of benzene rings is 2. The average Bonchev–Trinajstić information content (AvgIpc) is 2.81. The Bertz CT molecular complexity index is 908. The molecule has 25 heavy (non-hydrogen) atoms. The van der Waals surface area contributed by atoms with Gasteiger partial charge in [-0.15, -0.1) is 0 Å². The van der Waals surface area contributed by atoms with E-state index in [-0.39, 0.29) is 30.0 Å². The third kappa shape index (κ3) is 1.57. The van der Waals surface area contributed by atoms with Crippen LogP contribution in [0.3, 0.4) is 0 Å². The van der Waals surface area contributed by atoms with Crippen LogP contribution in [0.4, 0.5) is 0 Å². The van der Waals surface area contributed by atoms with E-state index in [2.05, 4.69) is 0 Å². The van der Waals surface area contributed by atoms with Gasteiger partial charge >= 0.3 is 0 Å². The number of hydrogen-bond acceptors (Lipinski definition) is 5. The number of hydrogen-bond donors (Lipinski definition) is 0. The quantitative estimate of drug-likeness (QED) is 0.692. The predicted molar refractivity (Wildman–Crippen MR) is 87.4 cm³/mol. The minimum Gasteiger partial charge on any atom is -0.448 e. The summed E-state index contributed by atoms with van der Waals surface area (Å²) < 4.78 is 19.0. The second kappa shape index (κ2) is 4.41. The van der Waals surface area contributed by atoms with Gasteiger partial charge < -0.3 is 14.2 Å². The second-order valence-electron chi connectivity index (χ2n) is 7.38. The molecule has 126 valence electrons. The summed E-state index contributed by atoms with van der Waals surface area (Å²) in [7, 11) is 0. The van der Waals surface area contributed by atoms with Crippen LogP contribution in [-0.2, 0) is 14.3 Å². The Morgan fingerprint density at radius 1 is 0.960 bits per heavy atom. The van der Waals surface area contributed by atoms with Gasteiger partial charge in [0, 0.05) is 12.8 Å². The molecule has 3 fully saturated rings. The summed E-state index contributed by atoms with van der Waals surface area (Å²) in [5.41, 5.74) is 0. The lowest BCUT2D eigenvalue weighted by molar-refractivity contribution is -0.202. The molecule has 4 aliphatic rings. The van der Waals surface area contributed by atoms with Crippen molar-refractivity contribution in [1.29, 1.82) is 0 Å². The molecule has 0 N–H and O–H groups in total. The van der Waals surface area contributed by atoms with E-state index in [0.717, 1.165) is 22.3 Å². The molecule has 6 rings (SSSR count). The third-order valence-corrected chi connectivity index (χ3v) is 6.13. The molecular weight excluding hydrogens is 320 g/mol. The number of rotatable bonds is 0. The lowest BCUT2D eigenvalue weighted by Gasteiger charge is -2.47. The summed E-state index contributed by atoms with van der Waals surface area (Å²) in [5.74, 6) is -0.678. The number of carbonyl (C=O) groups is 2. The molecule has 2 bridgehead atoms. The SMILES string of the molecule is O=C1CC[C@H]2O[C@H]3CC(=O)[C@@H]1[C@@H]2C31Oc2cccc3cccc(c23)O1. The molecule has 2 saturated carbocycles. The van der Waals surface area contributed by atoms with Crippen LogP contribution in [0.5, 0.6) is 11.5 Å². The summed E-state index contributed by atoms with van der Waals surface area (Å²) in [6.45, 7) is 0. The van der Waals surface area contributed by atoms with Gasteiger partial charge in [-0.2, -0.15) is 0 Å². The van der Waals surface area contributed by atoms with E-state index in [1.165, 1.54) is 0 Å². The van der Waals surface area contributed by atoms with Gasteiger partial charge in [-0.3, -0.25) is 9.59 Å². The fourth-order valence-corrected chi connectivity index (χ4v) is 5.15. The lowest BCUT2D eigenvalue weighted by Crippen LogP contribution is -2.64. The summed E-state index contributed by atoms with van der Waals surface area (Å²) in [4.78, 5) is 25.0. The molecule has 0 amide bonds. The van der Waals surface area contributed by atoms with Crippen molar-refractivity contribution >= 4 is 22.3 Å². The van der Waals surface area contributed by atoms with Crippen LogP contribution in [0.25, 0.3) is 10.8 Å². The highest BCUT2D eigenvalue weighted by atomic mass is 16.7. The molecule has 2 aliphatic carbocycles. The first-order valence-electron chi connectivity index (χ1n) is 8.78. The number of Topliss-reactive ketones (excluding diaryl/α,β-unsaturated/α-hetero) is 2. The van der Waals surface area contributed by atoms with Gasteiger partial charge in [-0.1, -0.05) is 24.3 Å². The third-order valence-electron chi connectivity index (χ3n) is 6.13.